The summed E-state index contributed by atoms with van der Waals surface area (Å²) in [6.07, 6.45) is 6.46. The number of hydrogen-bond donors (Lipinski definition) is 3. The molecule has 0 atom stereocenters. The van der Waals surface area contributed by atoms with E-state index in [9.17, 15) is 19.2 Å². The lowest BCUT2D eigenvalue weighted by Crippen LogP contribution is -2.45. The number of imidazole rings is 2. The number of halogens is 1. The van der Waals surface area contributed by atoms with E-state index in [1.54, 1.807) is 66.7 Å². The molecular formula is C50H53ClN8O5. The number of ether oxygens (including phenoxy) is 1. The minimum Gasteiger partial charge on any atom is -0.381 e. The molecule has 2 aromatic heterocycles. The van der Waals surface area contributed by atoms with Crippen molar-refractivity contribution < 1.29 is 23.9 Å². The van der Waals surface area contributed by atoms with Crippen molar-refractivity contribution in [3.63, 3.8) is 0 Å². The van der Waals surface area contributed by atoms with E-state index >= 15 is 0 Å². The predicted octanol–water partition coefficient (Wildman–Crippen LogP) is 6.59. The lowest BCUT2D eigenvalue weighted by atomic mass is 9.83. The number of aromatic nitrogens is 4. The predicted molar refractivity (Wildman–Crippen MR) is 250 cm³/mol. The zero-order valence-corrected chi connectivity index (χ0v) is 36.7. The first kappa shape index (κ1) is 44.7. The highest BCUT2D eigenvalue weighted by molar-refractivity contribution is 6.32. The standard InChI is InChI=1S/C23H22N4O2.C16H9ClN2O2.C7H14N2.C4H8O/c1-2-9-26-10-12-27(13-11-26)14-19-24-18-8-7-17-20(21(18)25-19)23(29)16-6-4-3-5-15(16)22(17)28;17-7-12-18-11-6-5-10-13(14(11)19-12)16(21)9-4-2-1-3-8(9)15(10)20;1-2-5-9-6-3-8-4-7-9;1-2-4-5-3-1/h2-8H,1,9-14H2,(H,24,25);1-6H,7H2,(H,18,19);2,8H,1,3-7H2;1-4H2. The van der Waals surface area contributed by atoms with Crippen molar-refractivity contribution in [2.24, 2.45) is 0 Å². The van der Waals surface area contributed by atoms with E-state index in [0.29, 0.717) is 73.4 Å². The van der Waals surface area contributed by atoms with Gasteiger partial charge in [0.2, 0.25) is 0 Å². The average molecular weight is 881 g/mol. The molecule has 5 aliphatic rings. The zero-order chi connectivity index (χ0) is 44.6. The molecule has 14 heteroatoms. The molecule has 64 heavy (non-hydrogen) atoms. The molecule has 330 valence electrons. The molecule has 0 unspecified atom stereocenters. The van der Waals surface area contributed by atoms with Crippen molar-refractivity contribution >= 4 is 56.8 Å². The first-order chi connectivity index (χ1) is 31.3. The van der Waals surface area contributed by atoms with Crippen molar-refractivity contribution in [1.82, 2.24) is 40.0 Å². The van der Waals surface area contributed by atoms with Crippen molar-refractivity contribution in [2.75, 3.05) is 78.7 Å². The highest BCUT2D eigenvalue weighted by atomic mass is 35.5. The molecule has 3 aliphatic heterocycles. The van der Waals surface area contributed by atoms with Crippen molar-refractivity contribution in [3.8, 4) is 0 Å². The highest BCUT2D eigenvalue weighted by Crippen LogP contribution is 2.33. The number of H-pyrrole nitrogens is 2. The molecule has 0 radical (unpaired) electrons. The third-order valence-corrected chi connectivity index (χ3v) is 12.2. The molecular weight excluding hydrogens is 828 g/mol. The van der Waals surface area contributed by atoms with E-state index in [-0.39, 0.29) is 29.0 Å². The second-order valence-corrected chi connectivity index (χ2v) is 16.5. The number of ketones is 4. The molecule has 4 aromatic carbocycles. The summed E-state index contributed by atoms with van der Waals surface area (Å²) in [6, 6.07) is 20.9. The van der Waals surface area contributed by atoms with Gasteiger partial charge in [0.15, 0.2) is 23.1 Å². The zero-order valence-electron chi connectivity index (χ0n) is 36.0. The molecule has 2 aliphatic carbocycles. The van der Waals surface area contributed by atoms with Gasteiger partial charge in [-0.2, -0.15) is 0 Å². The number of rotatable bonds is 7. The van der Waals surface area contributed by atoms with Crippen LogP contribution in [0.1, 0.15) is 88.2 Å². The van der Waals surface area contributed by atoms with Crippen LogP contribution in [0.25, 0.3) is 22.1 Å². The van der Waals surface area contributed by atoms with Gasteiger partial charge < -0.3 is 20.0 Å². The van der Waals surface area contributed by atoms with Gasteiger partial charge in [-0.3, -0.25) is 33.9 Å². The van der Waals surface area contributed by atoms with Gasteiger partial charge in [-0.05, 0) is 37.1 Å². The number of carbonyl (C=O) groups excluding carboxylic acids is 4. The summed E-state index contributed by atoms with van der Waals surface area (Å²) in [7, 11) is 0. The Morgan fingerprint density at radius 2 is 1.00 bits per heavy atom. The number of fused-ring (bicyclic) bond motifs is 8. The van der Waals surface area contributed by atoms with Gasteiger partial charge in [0.1, 0.15) is 22.7 Å². The van der Waals surface area contributed by atoms with E-state index < -0.39 is 0 Å². The lowest BCUT2D eigenvalue weighted by Gasteiger charge is -2.33. The quantitative estimate of drug-likeness (QED) is 0.117. The Balaban J connectivity index is 0.000000138. The number of hydrogen-bond acceptors (Lipinski definition) is 11. The Bertz CT molecular complexity index is 2700. The Labute approximate surface area is 377 Å². The molecule has 6 aromatic rings. The smallest absolute Gasteiger partial charge is 0.196 e. The Morgan fingerprint density at radius 3 is 1.45 bits per heavy atom. The Morgan fingerprint density at radius 1 is 0.562 bits per heavy atom. The van der Waals surface area contributed by atoms with E-state index in [1.807, 2.05) is 18.2 Å². The van der Waals surface area contributed by atoms with E-state index in [0.717, 1.165) is 76.9 Å². The molecule has 0 spiro atoms. The van der Waals surface area contributed by atoms with E-state index in [2.05, 4.69) is 48.1 Å². The summed E-state index contributed by atoms with van der Waals surface area (Å²) in [4.78, 5) is 73.9. The normalized spacial score (nSPS) is 17.2. The molecule has 11 rings (SSSR count). The third-order valence-electron chi connectivity index (χ3n) is 12.0. The summed E-state index contributed by atoms with van der Waals surface area (Å²) in [6.45, 7) is 20.7. The molecule has 5 heterocycles. The number of benzene rings is 4. The van der Waals surface area contributed by atoms with Crippen LogP contribution in [0.5, 0.6) is 0 Å². The van der Waals surface area contributed by atoms with Crippen LogP contribution < -0.4 is 5.32 Å². The molecule has 0 amide bonds. The molecule has 13 nitrogen and oxygen atoms in total. The topological polar surface area (TPSA) is 157 Å². The summed E-state index contributed by atoms with van der Waals surface area (Å²) >= 11 is 5.78. The second-order valence-electron chi connectivity index (χ2n) is 16.2. The fraction of sp³-hybridized carbons (Fsp3) is 0.320. The van der Waals surface area contributed by atoms with Crippen LogP contribution in [-0.2, 0) is 17.2 Å². The maximum atomic E-state index is 13.1. The number of alkyl halides is 1. The van der Waals surface area contributed by atoms with Crippen LogP contribution in [0.4, 0.5) is 0 Å². The number of piperazine rings is 2. The van der Waals surface area contributed by atoms with E-state index in [4.69, 9.17) is 21.3 Å². The highest BCUT2D eigenvalue weighted by Gasteiger charge is 2.33. The molecule has 0 bridgehead atoms. The van der Waals surface area contributed by atoms with Gasteiger partial charge in [0.25, 0.3) is 0 Å². The van der Waals surface area contributed by atoms with Gasteiger partial charge in [0, 0.05) is 112 Å². The first-order valence-electron chi connectivity index (χ1n) is 21.9. The minimum atomic E-state index is -0.168. The maximum Gasteiger partial charge on any atom is 0.196 e. The van der Waals surface area contributed by atoms with Gasteiger partial charge in [0.05, 0.1) is 34.6 Å². The average Bonchev–Trinajstić information content (AvgIpc) is 4.14. The van der Waals surface area contributed by atoms with E-state index in [1.165, 1.54) is 25.9 Å². The molecule has 0 saturated carbocycles. The van der Waals surface area contributed by atoms with Crippen LogP contribution in [0.15, 0.2) is 98.1 Å². The number of nitrogens with zero attached hydrogens (tertiary/aromatic N) is 5. The van der Waals surface area contributed by atoms with Crippen molar-refractivity contribution in [1.29, 1.82) is 0 Å². The number of nitrogens with one attached hydrogen (secondary N) is 3. The van der Waals surface area contributed by atoms with Gasteiger partial charge in [-0.15, -0.1) is 24.8 Å². The van der Waals surface area contributed by atoms with Crippen LogP contribution in [0, 0.1) is 0 Å². The maximum absolute atomic E-state index is 13.1. The van der Waals surface area contributed by atoms with Gasteiger partial charge in [-0.1, -0.05) is 60.7 Å². The molecule has 3 N–H and O–H groups in total. The largest absolute Gasteiger partial charge is 0.381 e. The third kappa shape index (κ3) is 9.60. The molecule has 3 fully saturated rings. The molecule has 3 saturated heterocycles. The fourth-order valence-electron chi connectivity index (χ4n) is 8.66. The number of carbonyl (C=O) groups is 4. The lowest BCUT2D eigenvalue weighted by molar-refractivity contribution is 0.0980. The SMILES string of the molecule is C1CCOC1.C=CCN1CCN(Cc2nc3c4c(ccc3[nH]2)C(=O)c2ccccc2C4=O)CC1.C=CCN1CCNCC1.O=C1c2ccccc2C(=O)c2c1ccc1[nH]c(CCl)nc21. The minimum absolute atomic E-state index is 0.111. The first-order valence-corrected chi connectivity index (χ1v) is 22.5. The Hall–Kier alpha value is -5.93. The monoisotopic (exact) mass is 880 g/mol. The second kappa shape index (κ2) is 20.7. The number of aromatic amines is 2. The van der Waals surface area contributed by atoms with Crippen molar-refractivity contribution in [2.45, 2.75) is 25.3 Å². The summed E-state index contributed by atoms with van der Waals surface area (Å²) < 4.78 is 4.94. The fourth-order valence-corrected chi connectivity index (χ4v) is 8.78. The van der Waals surface area contributed by atoms with Crippen LogP contribution >= 0.6 is 11.6 Å². The summed E-state index contributed by atoms with van der Waals surface area (Å²) in [5.74, 6) is 1.08. The van der Waals surface area contributed by atoms with Crippen LogP contribution in [0.2, 0.25) is 0 Å². The van der Waals surface area contributed by atoms with Gasteiger partial charge in [-0.25, -0.2) is 9.97 Å². The summed E-state index contributed by atoms with van der Waals surface area (Å²) in [5.41, 5.74) is 6.05. The summed E-state index contributed by atoms with van der Waals surface area (Å²) in [5, 5.41) is 3.30. The van der Waals surface area contributed by atoms with Crippen molar-refractivity contribution in [3.05, 3.63) is 154 Å². The van der Waals surface area contributed by atoms with Crippen LogP contribution in [-0.4, -0.2) is 136 Å². The Kier molecular flexibility index (Phi) is 14.5. The van der Waals surface area contributed by atoms with Gasteiger partial charge >= 0.3 is 0 Å². The van der Waals surface area contributed by atoms with Crippen LogP contribution in [0.3, 0.4) is 0 Å².